The van der Waals surface area contributed by atoms with Gasteiger partial charge >= 0.3 is 0 Å². The van der Waals surface area contributed by atoms with Gasteiger partial charge in [-0.3, -0.25) is 4.79 Å². The van der Waals surface area contributed by atoms with Crippen molar-refractivity contribution in [3.63, 3.8) is 0 Å². The number of fused-ring (bicyclic) bond motifs is 1. The molecule has 1 aromatic carbocycles. The molecule has 92 valence electrons. The van der Waals surface area contributed by atoms with E-state index in [2.05, 4.69) is 5.32 Å². The van der Waals surface area contributed by atoms with Crippen LogP contribution in [0.15, 0.2) is 18.2 Å². The van der Waals surface area contributed by atoms with Crippen LogP contribution in [0.3, 0.4) is 0 Å². The topological polar surface area (TPSA) is 73.6 Å². The molecule has 17 heavy (non-hydrogen) atoms. The van der Waals surface area contributed by atoms with Crippen molar-refractivity contribution in [2.24, 2.45) is 5.73 Å². The zero-order valence-electron chi connectivity index (χ0n) is 9.73. The number of amides is 1. The smallest absolute Gasteiger partial charge is 0.225 e. The summed E-state index contributed by atoms with van der Waals surface area (Å²) in [4.78, 5) is 11.5. The first-order valence-corrected chi connectivity index (χ1v) is 5.60. The minimum atomic E-state index is -0.146. The summed E-state index contributed by atoms with van der Waals surface area (Å²) in [7, 11) is 0. The molecule has 1 heterocycles. The maximum absolute atomic E-state index is 11.5. The fourth-order valence-corrected chi connectivity index (χ4v) is 1.63. The molecule has 0 aliphatic carbocycles. The van der Waals surface area contributed by atoms with Gasteiger partial charge in [0.25, 0.3) is 0 Å². The third-order valence-electron chi connectivity index (χ3n) is 2.33. The molecule has 1 amide bonds. The van der Waals surface area contributed by atoms with E-state index in [0.717, 1.165) is 0 Å². The molecular formula is C12H16N2O3. The maximum atomic E-state index is 11.5. The van der Waals surface area contributed by atoms with Crippen LogP contribution in [0.25, 0.3) is 0 Å². The van der Waals surface area contributed by atoms with Gasteiger partial charge in [-0.1, -0.05) is 0 Å². The quantitative estimate of drug-likeness (QED) is 0.825. The summed E-state index contributed by atoms with van der Waals surface area (Å²) in [5.41, 5.74) is 6.25. The standard InChI is InChI=1S/C12H16N2O3/c1-8(13)6-12(15)14-9-2-3-10-11(7-9)17-5-4-16-10/h2-3,7-8H,4-6,13H2,1H3,(H,14,15). The van der Waals surface area contributed by atoms with E-state index in [1.54, 1.807) is 25.1 Å². The lowest BCUT2D eigenvalue weighted by Gasteiger charge is -2.19. The first kappa shape index (κ1) is 11.7. The number of nitrogens with two attached hydrogens (primary N) is 1. The van der Waals surface area contributed by atoms with Crippen molar-refractivity contribution < 1.29 is 14.3 Å². The Hall–Kier alpha value is -1.75. The molecule has 5 nitrogen and oxygen atoms in total. The Morgan fingerprint density at radius 2 is 2.12 bits per heavy atom. The summed E-state index contributed by atoms with van der Waals surface area (Å²) in [6.45, 7) is 2.89. The monoisotopic (exact) mass is 236 g/mol. The van der Waals surface area contributed by atoms with Gasteiger partial charge in [-0.2, -0.15) is 0 Å². The molecule has 0 radical (unpaired) electrons. The molecule has 1 unspecified atom stereocenters. The van der Waals surface area contributed by atoms with Gasteiger partial charge in [0.15, 0.2) is 11.5 Å². The number of ether oxygens (including phenoxy) is 2. The van der Waals surface area contributed by atoms with Crippen LogP contribution >= 0.6 is 0 Å². The molecule has 1 aromatic rings. The van der Waals surface area contributed by atoms with Crippen molar-refractivity contribution >= 4 is 11.6 Å². The fraction of sp³-hybridized carbons (Fsp3) is 0.417. The normalized spacial score (nSPS) is 15.2. The van der Waals surface area contributed by atoms with Crippen LogP contribution in [0.5, 0.6) is 11.5 Å². The second kappa shape index (κ2) is 5.05. The highest BCUT2D eigenvalue weighted by Crippen LogP contribution is 2.32. The number of nitrogens with one attached hydrogen (secondary N) is 1. The lowest BCUT2D eigenvalue weighted by molar-refractivity contribution is -0.116. The van der Waals surface area contributed by atoms with E-state index in [4.69, 9.17) is 15.2 Å². The number of benzene rings is 1. The van der Waals surface area contributed by atoms with Gasteiger partial charge in [-0.15, -0.1) is 0 Å². The average Bonchev–Trinajstić information content (AvgIpc) is 2.27. The van der Waals surface area contributed by atoms with Crippen molar-refractivity contribution in [1.29, 1.82) is 0 Å². The molecule has 1 atom stereocenters. The zero-order valence-corrected chi connectivity index (χ0v) is 9.73. The molecule has 0 bridgehead atoms. The lowest BCUT2D eigenvalue weighted by Crippen LogP contribution is -2.24. The zero-order chi connectivity index (χ0) is 12.3. The van der Waals surface area contributed by atoms with Crippen molar-refractivity contribution in [1.82, 2.24) is 0 Å². The van der Waals surface area contributed by atoms with Crippen LogP contribution in [0.1, 0.15) is 13.3 Å². The number of anilines is 1. The number of hydrogen-bond donors (Lipinski definition) is 2. The Morgan fingerprint density at radius 3 is 2.82 bits per heavy atom. The highest BCUT2D eigenvalue weighted by molar-refractivity contribution is 5.91. The van der Waals surface area contributed by atoms with Crippen molar-refractivity contribution in [3.8, 4) is 11.5 Å². The van der Waals surface area contributed by atoms with E-state index in [-0.39, 0.29) is 11.9 Å². The summed E-state index contributed by atoms with van der Waals surface area (Å²) >= 11 is 0. The first-order valence-electron chi connectivity index (χ1n) is 5.60. The predicted octanol–water partition coefficient (Wildman–Crippen LogP) is 1.13. The van der Waals surface area contributed by atoms with Crippen LogP contribution < -0.4 is 20.5 Å². The second-order valence-electron chi connectivity index (χ2n) is 4.09. The van der Waals surface area contributed by atoms with Crippen LogP contribution in [0.4, 0.5) is 5.69 Å². The summed E-state index contributed by atoms with van der Waals surface area (Å²) in [6, 6.07) is 5.18. The molecule has 0 saturated carbocycles. The maximum Gasteiger partial charge on any atom is 0.225 e. The molecule has 1 aliphatic heterocycles. The van der Waals surface area contributed by atoms with Gasteiger partial charge in [0.1, 0.15) is 13.2 Å². The van der Waals surface area contributed by atoms with E-state index >= 15 is 0 Å². The molecule has 1 aliphatic rings. The third kappa shape index (κ3) is 3.10. The highest BCUT2D eigenvalue weighted by Gasteiger charge is 2.13. The van der Waals surface area contributed by atoms with E-state index in [0.29, 0.717) is 36.8 Å². The largest absolute Gasteiger partial charge is 0.486 e. The van der Waals surface area contributed by atoms with E-state index in [9.17, 15) is 4.79 Å². The Kier molecular flexibility index (Phi) is 3.49. The van der Waals surface area contributed by atoms with Gasteiger partial charge in [-0.05, 0) is 19.1 Å². The molecule has 0 fully saturated rings. The number of rotatable bonds is 3. The van der Waals surface area contributed by atoms with Gasteiger partial charge in [0.2, 0.25) is 5.91 Å². The Morgan fingerprint density at radius 1 is 1.41 bits per heavy atom. The van der Waals surface area contributed by atoms with Gasteiger partial charge in [-0.25, -0.2) is 0 Å². The fourth-order valence-electron chi connectivity index (χ4n) is 1.63. The van der Waals surface area contributed by atoms with Gasteiger partial charge in [0, 0.05) is 24.2 Å². The van der Waals surface area contributed by atoms with Crippen molar-refractivity contribution in [2.45, 2.75) is 19.4 Å². The van der Waals surface area contributed by atoms with Crippen LogP contribution in [-0.2, 0) is 4.79 Å². The molecule has 0 saturated heterocycles. The van der Waals surface area contributed by atoms with E-state index < -0.39 is 0 Å². The Bertz CT molecular complexity index is 418. The summed E-state index contributed by atoms with van der Waals surface area (Å²) < 4.78 is 10.8. The number of carbonyl (C=O) groups excluding carboxylic acids is 1. The van der Waals surface area contributed by atoms with E-state index in [1.807, 2.05) is 0 Å². The van der Waals surface area contributed by atoms with Crippen LogP contribution in [0, 0.1) is 0 Å². The summed E-state index contributed by atoms with van der Waals surface area (Å²) in [5.74, 6) is 1.27. The Balaban J connectivity index is 2.04. The molecular weight excluding hydrogens is 220 g/mol. The molecule has 3 N–H and O–H groups in total. The third-order valence-corrected chi connectivity index (χ3v) is 2.33. The molecule has 5 heteroatoms. The molecule has 0 spiro atoms. The van der Waals surface area contributed by atoms with Crippen molar-refractivity contribution in [2.75, 3.05) is 18.5 Å². The molecule has 2 rings (SSSR count). The lowest BCUT2D eigenvalue weighted by atomic mass is 10.2. The SMILES string of the molecule is CC(N)CC(=O)Nc1ccc2c(c1)OCCO2. The second-order valence-corrected chi connectivity index (χ2v) is 4.09. The van der Waals surface area contributed by atoms with E-state index in [1.165, 1.54) is 0 Å². The highest BCUT2D eigenvalue weighted by atomic mass is 16.6. The van der Waals surface area contributed by atoms with Gasteiger partial charge < -0.3 is 20.5 Å². The van der Waals surface area contributed by atoms with Crippen molar-refractivity contribution in [3.05, 3.63) is 18.2 Å². The first-order chi connectivity index (χ1) is 8.15. The Labute approximate surface area is 99.9 Å². The number of hydrogen-bond acceptors (Lipinski definition) is 4. The average molecular weight is 236 g/mol. The minimum Gasteiger partial charge on any atom is -0.486 e. The minimum absolute atomic E-state index is 0.100. The summed E-state index contributed by atoms with van der Waals surface area (Å²) in [6.07, 6.45) is 0.300. The predicted molar refractivity (Wildman–Crippen MR) is 64.3 cm³/mol. The number of carbonyl (C=O) groups is 1. The van der Waals surface area contributed by atoms with Gasteiger partial charge in [0.05, 0.1) is 0 Å². The van der Waals surface area contributed by atoms with Crippen LogP contribution in [0.2, 0.25) is 0 Å². The molecule has 0 aromatic heterocycles. The van der Waals surface area contributed by atoms with Crippen LogP contribution in [-0.4, -0.2) is 25.2 Å². The summed E-state index contributed by atoms with van der Waals surface area (Å²) in [5, 5.41) is 2.77.